The highest BCUT2D eigenvalue weighted by Crippen LogP contribution is 2.31. The Balaban J connectivity index is 1.33. The van der Waals surface area contributed by atoms with Crippen molar-refractivity contribution in [2.45, 2.75) is 26.4 Å². The number of nitrogens with one attached hydrogen (secondary N) is 1. The number of rotatable bonds is 6. The number of pyridine rings is 1. The van der Waals surface area contributed by atoms with Crippen molar-refractivity contribution in [1.82, 2.24) is 20.2 Å². The van der Waals surface area contributed by atoms with Crippen LogP contribution in [0.4, 0.5) is 0 Å². The van der Waals surface area contributed by atoms with Gasteiger partial charge in [-0.1, -0.05) is 24.3 Å². The number of likely N-dealkylation sites (tertiary alicyclic amines) is 1. The van der Waals surface area contributed by atoms with Gasteiger partial charge in [-0.05, 0) is 44.2 Å². The largest absolute Gasteiger partial charge is 0.444 e. The summed E-state index contributed by atoms with van der Waals surface area (Å²) >= 11 is 0. The Morgan fingerprint density at radius 2 is 2.00 bits per heavy atom. The maximum atomic E-state index is 12.7. The van der Waals surface area contributed by atoms with Crippen molar-refractivity contribution < 1.29 is 9.21 Å². The van der Waals surface area contributed by atoms with Crippen LogP contribution in [0.15, 0.2) is 65.4 Å². The summed E-state index contributed by atoms with van der Waals surface area (Å²) in [6, 6.07) is 15.6. The first kappa shape index (κ1) is 18.4. The van der Waals surface area contributed by atoms with Gasteiger partial charge in [0.2, 0.25) is 11.8 Å². The van der Waals surface area contributed by atoms with E-state index < -0.39 is 5.41 Å². The Morgan fingerprint density at radius 3 is 2.79 bits per heavy atom. The quantitative estimate of drug-likeness (QED) is 0.715. The standard InChI is InChI=1S/C22H24N4O2/c1-22(21(27)24-13-18-9-5-6-11-23-18)10-12-26(16-22)14-19-15-28-20(25-19)17-7-3-2-4-8-17/h2-9,11,15H,10,12-14,16H2,1H3,(H,24,27). The lowest BCUT2D eigenvalue weighted by atomic mass is 9.88. The lowest BCUT2D eigenvalue weighted by Crippen LogP contribution is -2.40. The number of hydrogen-bond acceptors (Lipinski definition) is 5. The van der Waals surface area contributed by atoms with Crippen LogP contribution in [0.3, 0.4) is 0 Å². The van der Waals surface area contributed by atoms with Gasteiger partial charge in [-0.3, -0.25) is 14.7 Å². The Bertz CT molecular complexity index is 926. The molecule has 28 heavy (non-hydrogen) atoms. The molecule has 1 aromatic carbocycles. The molecule has 6 heteroatoms. The van der Waals surface area contributed by atoms with Crippen molar-refractivity contribution >= 4 is 5.91 Å². The minimum Gasteiger partial charge on any atom is -0.444 e. The lowest BCUT2D eigenvalue weighted by Gasteiger charge is -2.23. The number of aromatic nitrogens is 2. The molecule has 6 nitrogen and oxygen atoms in total. The Labute approximate surface area is 164 Å². The molecule has 0 saturated carbocycles. The van der Waals surface area contributed by atoms with Crippen LogP contribution in [0.25, 0.3) is 11.5 Å². The van der Waals surface area contributed by atoms with Crippen LogP contribution < -0.4 is 5.32 Å². The van der Waals surface area contributed by atoms with Gasteiger partial charge in [0, 0.05) is 24.8 Å². The Morgan fingerprint density at radius 1 is 1.18 bits per heavy atom. The van der Waals surface area contributed by atoms with Crippen LogP contribution in [-0.2, 0) is 17.9 Å². The first-order valence-corrected chi connectivity index (χ1v) is 9.53. The third-order valence-electron chi connectivity index (χ3n) is 5.21. The van der Waals surface area contributed by atoms with Crippen molar-refractivity contribution in [2.24, 2.45) is 5.41 Å². The number of hydrogen-bond donors (Lipinski definition) is 1. The molecule has 144 valence electrons. The molecule has 3 heterocycles. The van der Waals surface area contributed by atoms with Crippen LogP contribution in [0.1, 0.15) is 24.7 Å². The molecule has 1 atom stereocenters. The van der Waals surface area contributed by atoms with Crippen LogP contribution in [0.2, 0.25) is 0 Å². The van der Waals surface area contributed by atoms with Crippen LogP contribution in [0, 0.1) is 5.41 Å². The van der Waals surface area contributed by atoms with E-state index in [1.54, 1.807) is 12.5 Å². The maximum absolute atomic E-state index is 12.7. The van der Waals surface area contributed by atoms with Crippen molar-refractivity contribution in [3.8, 4) is 11.5 Å². The van der Waals surface area contributed by atoms with Gasteiger partial charge < -0.3 is 9.73 Å². The predicted octanol–water partition coefficient (Wildman–Crippen LogP) is 3.27. The highest BCUT2D eigenvalue weighted by molar-refractivity contribution is 5.82. The molecule has 1 N–H and O–H groups in total. The maximum Gasteiger partial charge on any atom is 0.227 e. The fraction of sp³-hybridized carbons (Fsp3) is 0.318. The van der Waals surface area contributed by atoms with E-state index in [0.717, 1.165) is 29.9 Å². The molecular weight excluding hydrogens is 352 g/mol. The molecule has 1 unspecified atom stereocenters. The molecule has 1 fully saturated rings. The van der Waals surface area contributed by atoms with E-state index in [2.05, 4.69) is 20.2 Å². The van der Waals surface area contributed by atoms with Gasteiger partial charge >= 0.3 is 0 Å². The van der Waals surface area contributed by atoms with Crippen LogP contribution in [0.5, 0.6) is 0 Å². The zero-order valence-corrected chi connectivity index (χ0v) is 16.0. The molecule has 3 aromatic rings. The van der Waals surface area contributed by atoms with E-state index in [1.165, 1.54) is 0 Å². The van der Waals surface area contributed by atoms with Gasteiger partial charge in [-0.2, -0.15) is 0 Å². The van der Waals surface area contributed by atoms with E-state index in [-0.39, 0.29) is 5.91 Å². The average molecular weight is 376 g/mol. The number of amides is 1. The van der Waals surface area contributed by atoms with Crippen molar-refractivity contribution in [1.29, 1.82) is 0 Å². The lowest BCUT2D eigenvalue weighted by molar-refractivity contribution is -0.129. The molecule has 2 aromatic heterocycles. The SMILES string of the molecule is CC1(C(=O)NCc2ccccn2)CCN(Cc2coc(-c3ccccc3)n2)C1. The van der Waals surface area contributed by atoms with Gasteiger partial charge in [0.25, 0.3) is 0 Å². The second kappa shape index (κ2) is 7.94. The smallest absolute Gasteiger partial charge is 0.227 e. The van der Waals surface area contributed by atoms with E-state index >= 15 is 0 Å². The van der Waals surface area contributed by atoms with Crippen molar-refractivity contribution in [3.05, 3.63) is 72.4 Å². The monoisotopic (exact) mass is 376 g/mol. The Kier molecular flexibility index (Phi) is 5.21. The van der Waals surface area contributed by atoms with Crippen LogP contribution in [-0.4, -0.2) is 33.9 Å². The van der Waals surface area contributed by atoms with Gasteiger partial charge in [0.15, 0.2) is 0 Å². The van der Waals surface area contributed by atoms with Gasteiger partial charge in [0.1, 0.15) is 6.26 Å². The molecule has 1 aliphatic heterocycles. The summed E-state index contributed by atoms with van der Waals surface area (Å²) in [7, 11) is 0. The molecule has 0 bridgehead atoms. The van der Waals surface area contributed by atoms with E-state index in [4.69, 9.17) is 4.42 Å². The van der Waals surface area contributed by atoms with E-state index in [1.807, 2.05) is 55.5 Å². The summed E-state index contributed by atoms with van der Waals surface area (Å²) in [5.41, 5.74) is 2.32. The number of carbonyl (C=O) groups excluding carboxylic acids is 1. The minimum atomic E-state index is -0.402. The number of benzene rings is 1. The summed E-state index contributed by atoms with van der Waals surface area (Å²) in [5, 5.41) is 3.03. The number of nitrogens with zero attached hydrogens (tertiary/aromatic N) is 3. The second-order valence-electron chi connectivity index (χ2n) is 7.54. The van der Waals surface area contributed by atoms with Gasteiger partial charge in [-0.15, -0.1) is 0 Å². The normalized spacial score (nSPS) is 19.6. The molecule has 0 spiro atoms. The Hall–Kier alpha value is -2.99. The second-order valence-corrected chi connectivity index (χ2v) is 7.54. The first-order valence-electron chi connectivity index (χ1n) is 9.53. The molecule has 0 radical (unpaired) electrons. The molecular formula is C22H24N4O2. The predicted molar refractivity (Wildman–Crippen MR) is 106 cm³/mol. The molecule has 1 amide bonds. The topological polar surface area (TPSA) is 71.3 Å². The summed E-state index contributed by atoms with van der Waals surface area (Å²) < 4.78 is 5.62. The van der Waals surface area contributed by atoms with Gasteiger partial charge in [0.05, 0.1) is 23.3 Å². The summed E-state index contributed by atoms with van der Waals surface area (Å²) in [6.07, 6.45) is 4.27. The zero-order chi connectivity index (χ0) is 19.4. The summed E-state index contributed by atoms with van der Waals surface area (Å²) in [4.78, 5) is 23.8. The fourth-order valence-corrected chi connectivity index (χ4v) is 3.59. The van der Waals surface area contributed by atoms with E-state index in [9.17, 15) is 4.79 Å². The summed E-state index contributed by atoms with van der Waals surface area (Å²) in [5.74, 6) is 0.705. The highest BCUT2D eigenvalue weighted by Gasteiger charge is 2.40. The van der Waals surface area contributed by atoms with Gasteiger partial charge in [-0.25, -0.2) is 4.98 Å². The zero-order valence-electron chi connectivity index (χ0n) is 16.0. The fourth-order valence-electron chi connectivity index (χ4n) is 3.59. The number of oxazole rings is 1. The third kappa shape index (κ3) is 4.12. The third-order valence-corrected chi connectivity index (χ3v) is 5.21. The molecule has 4 rings (SSSR count). The van der Waals surface area contributed by atoms with Crippen molar-refractivity contribution in [2.75, 3.05) is 13.1 Å². The molecule has 1 aliphatic rings. The van der Waals surface area contributed by atoms with Crippen molar-refractivity contribution in [3.63, 3.8) is 0 Å². The average Bonchev–Trinajstić information content (AvgIpc) is 3.35. The van der Waals surface area contributed by atoms with Crippen LogP contribution >= 0.6 is 0 Å². The highest BCUT2D eigenvalue weighted by atomic mass is 16.3. The molecule has 1 saturated heterocycles. The first-order chi connectivity index (χ1) is 13.6. The van der Waals surface area contributed by atoms with E-state index in [0.29, 0.717) is 25.5 Å². The molecule has 0 aliphatic carbocycles. The number of carbonyl (C=O) groups is 1. The summed E-state index contributed by atoms with van der Waals surface area (Å²) in [6.45, 7) is 4.73. The minimum absolute atomic E-state index is 0.0748.